The largest absolute Gasteiger partial charge is 0.491 e. The molecule has 2 aromatic carbocycles. The molecular formula is C23H30N2O4S. The van der Waals surface area contributed by atoms with E-state index in [4.69, 9.17) is 4.74 Å². The van der Waals surface area contributed by atoms with E-state index in [-0.39, 0.29) is 16.9 Å². The summed E-state index contributed by atoms with van der Waals surface area (Å²) in [5, 5.41) is 0. The number of benzene rings is 2. The molecule has 0 saturated carbocycles. The highest BCUT2D eigenvalue weighted by atomic mass is 32.2. The maximum Gasteiger partial charge on any atom is 0.240 e. The van der Waals surface area contributed by atoms with Crippen LogP contribution in [0.2, 0.25) is 0 Å². The molecule has 7 heteroatoms. The molecule has 1 aliphatic rings. The molecule has 0 spiro atoms. The lowest BCUT2D eigenvalue weighted by Gasteiger charge is -2.16. The first-order valence-corrected chi connectivity index (χ1v) is 12.0. The molecular weight excluding hydrogens is 400 g/mol. The van der Waals surface area contributed by atoms with Crippen molar-refractivity contribution in [2.24, 2.45) is 0 Å². The Morgan fingerprint density at radius 2 is 1.90 bits per heavy atom. The van der Waals surface area contributed by atoms with E-state index in [0.717, 1.165) is 29.0 Å². The molecule has 1 amide bonds. The zero-order valence-corrected chi connectivity index (χ0v) is 18.7. The fraction of sp³-hybridized carbons (Fsp3) is 0.435. The molecule has 1 heterocycles. The summed E-state index contributed by atoms with van der Waals surface area (Å²) in [6, 6.07) is 12.9. The standard InChI is InChI=1S/C23H30N2O4S/c1-4-23(26)25-15-13-19-16-21(11-12-22(19)25)30(27,28)24-14-5-6-18-7-9-20(10-8-18)29-17(2)3/h7-12,16-17,24H,4-6,13-15H2,1-3H3. The van der Waals surface area contributed by atoms with Gasteiger partial charge >= 0.3 is 0 Å². The van der Waals surface area contributed by atoms with Gasteiger partial charge in [0.05, 0.1) is 11.0 Å². The normalized spacial score (nSPS) is 13.5. The van der Waals surface area contributed by atoms with Crippen LogP contribution in [-0.4, -0.2) is 33.5 Å². The van der Waals surface area contributed by atoms with Crippen LogP contribution in [0.25, 0.3) is 0 Å². The first kappa shape index (κ1) is 22.3. The van der Waals surface area contributed by atoms with Crippen molar-refractivity contribution in [1.82, 2.24) is 4.72 Å². The second-order valence-corrected chi connectivity index (χ2v) is 9.52. The van der Waals surface area contributed by atoms with Gasteiger partial charge in [-0.1, -0.05) is 19.1 Å². The van der Waals surface area contributed by atoms with E-state index in [2.05, 4.69) is 4.72 Å². The minimum atomic E-state index is -3.57. The Kier molecular flexibility index (Phi) is 7.15. The van der Waals surface area contributed by atoms with Gasteiger partial charge in [0.1, 0.15) is 5.75 Å². The van der Waals surface area contributed by atoms with Gasteiger partial charge < -0.3 is 9.64 Å². The lowest BCUT2D eigenvalue weighted by atomic mass is 10.1. The number of ether oxygens (including phenoxy) is 1. The summed E-state index contributed by atoms with van der Waals surface area (Å²) in [5.41, 5.74) is 2.87. The molecule has 0 saturated heterocycles. The van der Waals surface area contributed by atoms with Gasteiger partial charge in [-0.15, -0.1) is 0 Å². The molecule has 1 aliphatic heterocycles. The molecule has 2 aromatic rings. The highest BCUT2D eigenvalue weighted by Crippen LogP contribution is 2.30. The molecule has 0 aromatic heterocycles. The molecule has 3 rings (SSSR count). The third kappa shape index (κ3) is 5.40. The number of amides is 1. The van der Waals surface area contributed by atoms with Crippen molar-refractivity contribution >= 4 is 21.6 Å². The van der Waals surface area contributed by atoms with Crippen molar-refractivity contribution < 1.29 is 17.9 Å². The SMILES string of the molecule is CCC(=O)N1CCc2cc(S(=O)(=O)NCCCc3ccc(OC(C)C)cc3)ccc21. The van der Waals surface area contributed by atoms with E-state index >= 15 is 0 Å². The summed E-state index contributed by atoms with van der Waals surface area (Å²) < 4.78 is 33.6. The van der Waals surface area contributed by atoms with Gasteiger partial charge in [-0.2, -0.15) is 0 Å². The van der Waals surface area contributed by atoms with Crippen LogP contribution >= 0.6 is 0 Å². The first-order chi connectivity index (χ1) is 14.3. The highest BCUT2D eigenvalue weighted by molar-refractivity contribution is 7.89. The van der Waals surface area contributed by atoms with Crippen molar-refractivity contribution in [2.75, 3.05) is 18.0 Å². The number of nitrogens with zero attached hydrogens (tertiary/aromatic N) is 1. The highest BCUT2D eigenvalue weighted by Gasteiger charge is 2.25. The minimum absolute atomic E-state index is 0.0614. The predicted octanol–water partition coefficient (Wildman–Crippen LogP) is 3.68. The second-order valence-electron chi connectivity index (χ2n) is 7.75. The maximum absolute atomic E-state index is 12.7. The van der Waals surface area contributed by atoms with E-state index in [1.807, 2.05) is 45.0 Å². The monoisotopic (exact) mass is 430 g/mol. The molecule has 0 bridgehead atoms. The van der Waals surface area contributed by atoms with Crippen molar-refractivity contribution in [3.8, 4) is 5.75 Å². The Bertz CT molecular complexity index is 985. The molecule has 30 heavy (non-hydrogen) atoms. The predicted molar refractivity (Wildman–Crippen MR) is 119 cm³/mol. The molecule has 0 unspecified atom stereocenters. The van der Waals surface area contributed by atoms with Crippen molar-refractivity contribution in [3.63, 3.8) is 0 Å². The Balaban J connectivity index is 1.54. The zero-order chi connectivity index (χ0) is 21.7. The molecule has 0 aliphatic carbocycles. The fourth-order valence-corrected chi connectivity index (χ4v) is 4.71. The van der Waals surface area contributed by atoms with Crippen molar-refractivity contribution in [2.45, 2.75) is 57.5 Å². The van der Waals surface area contributed by atoms with Gasteiger partial charge in [0.15, 0.2) is 0 Å². The summed E-state index contributed by atoms with van der Waals surface area (Å²) in [7, 11) is -3.57. The number of carbonyl (C=O) groups excluding carboxylic acids is 1. The fourth-order valence-electron chi connectivity index (χ4n) is 3.58. The molecule has 0 radical (unpaired) electrons. The molecule has 0 fully saturated rings. The Hall–Kier alpha value is -2.38. The summed E-state index contributed by atoms with van der Waals surface area (Å²) in [5.74, 6) is 0.900. The van der Waals surface area contributed by atoms with Crippen LogP contribution in [0.3, 0.4) is 0 Å². The topological polar surface area (TPSA) is 75.7 Å². The van der Waals surface area contributed by atoms with E-state index in [1.165, 1.54) is 0 Å². The lowest BCUT2D eigenvalue weighted by molar-refractivity contribution is -0.118. The summed E-state index contributed by atoms with van der Waals surface area (Å²) >= 11 is 0. The van der Waals surface area contributed by atoms with Crippen molar-refractivity contribution in [3.05, 3.63) is 53.6 Å². The molecule has 162 valence electrons. The van der Waals surface area contributed by atoms with E-state index in [1.54, 1.807) is 23.1 Å². The molecule has 6 nitrogen and oxygen atoms in total. The van der Waals surface area contributed by atoms with Gasteiger partial charge in [-0.25, -0.2) is 13.1 Å². The second kappa shape index (κ2) is 9.62. The van der Waals surface area contributed by atoms with Gasteiger partial charge in [-0.05, 0) is 74.6 Å². The smallest absolute Gasteiger partial charge is 0.240 e. The third-order valence-electron chi connectivity index (χ3n) is 5.09. The zero-order valence-electron chi connectivity index (χ0n) is 17.8. The van der Waals surface area contributed by atoms with Gasteiger partial charge in [0.25, 0.3) is 0 Å². The number of anilines is 1. The number of fused-ring (bicyclic) bond motifs is 1. The molecule has 0 atom stereocenters. The van der Waals surface area contributed by atoms with Crippen LogP contribution in [0.1, 0.15) is 44.7 Å². The van der Waals surface area contributed by atoms with E-state index in [0.29, 0.717) is 32.4 Å². The van der Waals surface area contributed by atoms with Crippen LogP contribution in [0.4, 0.5) is 5.69 Å². The quantitative estimate of drug-likeness (QED) is 0.616. The number of nitrogens with one attached hydrogen (secondary N) is 1. The van der Waals surface area contributed by atoms with Crippen LogP contribution in [-0.2, 0) is 27.7 Å². The maximum atomic E-state index is 12.7. The van der Waals surface area contributed by atoms with Gasteiger partial charge in [0.2, 0.25) is 15.9 Å². The summed E-state index contributed by atoms with van der Waals surface area (Å²) in [4.78, 5) is 14.0. The number of hydrogen-bond donors (Lipinski definition) is 1. The number of hydrogen-bond acceptors (Lipinski definition) is 4. The third-order valence-corrected chi connectivity index (χ3v) is 6.55. The van der Waals surface area contributed by atoms with E-state index < -0.39 is 10.0 Å². The Morgan fingerprint density at radius 3 is 2.57 bits per heavy atom. The number of sulfonamides is 1. The Morgan fingerprint density at radius 1 is 1.17 bits per heavy atom. The minimum Gasteiger partial charge on any atom is -0.491 e. The molecule has 1 N–H and O–H groups in total. The number of aryl methyl sites for hydroxylation is 1. The van der Waals surface area contributed by atoms with E-state index in [9.17, 15) is 13.2 Å². The van der Waals surface area contributed by atoms with Crippen LogP contribution < -0.4 is 14.4 Å². The average molecular weight is 431 g/mol. The average Bonchev–Trinajstić information content (AvgIpc) is 3.15. The number of carbonyl (C=O) groups is 1. The van der Waals surface area contributed by atoms with Gasteiger partial charge in [0, 0.05) is 25.2 Å². The van der Waals surface area contributed by atoms with Crippen LogP contribution in [0.5, 0.6) is 5.75 Å². The summed E-state index contributed by atoms with van der Waals surface area (Å²) in [6.45, 7) is 6.78. The first-order valence-electron chi connectivity index (χ1n) is 10.5. The number of rotatable bonds is 9. The summed E-state index contributed by atoms with van der Waals surface area (Å²) in [6.07, 6.45) is 2.74. The van der Waals surface area contributed by atoms with Crippen LogP contribution in [0.15, 0.2) is 47.4 Å². The van der Waals surface area contributed by atoms with Crippen molar-refractivity contribution in [1.29, 1.82) is 0 Å². The Labute approximate surface area is 179 Å². The van der Waals surface area contributed by atoms with Crippen LogP contribution in [0, 0.1) is 0 Å². The van der Waals surface area contributed by atoms with Gasteiger partial charge in [-0.3, -0.25) is 4.79 Å². The lowest BCUT2D eigenvalue weighted by Crippen LogP contribution is -2.28.